The smallest absolute Gasteiger partial charge is 0.0509 e. The highest BCUT2D eigenvalue weighted by molar-refractivity contribution is 4.81. The number of nitrogens with zero attached hydrogens (tertiary/aromatic N) is 1. The topological polar surface area (TPSA) is 24.5 Å². The Balaban J connectivity index is 1.85. The van der Waals surface area contributed by atoms with Gasteiger partial charge in [-0.3, -0.25) is 4.90 Å². The SMILES string of the molecule is CC1CCN(C(C)C2CCOC2)CCN1. The number of rotatable bonds is 2. The monoisotopic (exact) mass is 212 g/mol. The lowest BCUT2D eigenvalue weighted by atomic mass is 9.99. The summed E-state index contributed by atoms with van der Waals surface area (Å²) in [6.07, 6.45) is 2.53. The molecule has 1 N–H and O–H groups in total. The molecule has 3 unspecified atom stereocenters. The lowest BCUT2D eigenvalue weighted by Crippen LogP contribution is -2.40. The van der Waals surface area contributed by atoms with Crippen molar-refractivity contribution in [1.82, 2.24) is 10.2 Å². The van der Waals surface area contributed by atoms with Gasteiger partial charge in [0.05, 0.1) is 6.61 Å². The van der Waals surface area contributed by atoms with E-state index in [2.05, 4.69) is 24.1 Å². The summed E-state index contributed by atoms with van der Waals surface area (Å²) in [5.74, 6) is 0.762. The Morgan fingerprint density at radius 3 is 2.93 bits per heavy atom. The van der Waals surface area contributed by atoms with Gasteiger partial charge in [-0.2, -0.15) is 0 Å². The van der Waals surface area contributed by atoms with Gasteiger partial charge in [0.15, 0.2) is 0 Å². The summed E-state index contributed by atoms with van der Waals surface area (Å²) in [6, 6.07) is 1.38. The summed E-state index contributed by atoms with van der Waals surface area (Å²) in [5.41, 5.74) is 0. The molecule has 3 heteroatoms. The van der Waals surface area contributed by atoms with Crippen molar-refractivity contribution < 1.29 is 4.74 Å². The molecule has 2 fully saturated rings. The predicted octanol–water partition coefficient (Wildman–Crippen LogP) is 1.10. The number of ether oxygens (including phenoxy) is 1. The first-order chi connectivity index (χ1) is 7.27. The van der Waals surface area contributed by atoms with Crippen LogP contribution in [0.3, 0.4) is 0 Å². The quantitative estimate of drug-likeness (QED) is 0.742. The maximum Gasteiger partial charge on any atom is 0.0509 e. The molecule has 15 heavy (non-hydrogen) atoms. The molecule has 0 aliphatic carbocycles. The van der Waals surface area contributed by atoms with E-state index in [1.807, 2.05) is 0 Å². The third-order valence-electron chi connectivity index (χ3n) is 3.96. The molecule has 0 saturated carbocycles. The lowest BCUT2D eigenvalue weighted by molar-refractivity contribution is 0.132. The van der Waals surface area contributed by atoms with Crippen LogP contribution in [0.15, 0.2) is 0 Å². The van der Waals surface area contributed by atoms with Crippen molar-refractivity contribution in [2.75, 3.05) is 32.8 Å². The molecule has 2 rings (SSSR count). The third-order valence-corrected chi connectivity index (χ3v) is 3.96. The van der Waals surface area contributed by atoms with Crippen LogP contribution in [0, 0.1) is 5.92 Å². The van der Waals surface area contributed by atoms with Crippen LogP contribution >= 0.6 is 0 Å². The van der Waals surface area contributed by atoms with Crippen LogP contribution in [-0.2, 0) is 4.74 Å². The molecule has 0 spiro atoms. The van der Waals surface area contributed by atoms with Crippen LogP contribution in [0.1, 0.15) is 26.7 Å². The standard InChI is InChI=1S/C12H24N2O/c1-10-3-6-14(7-5-13-10)11(2)12-4-8-15-9-12/h10-13H,3-9H2,1-2H3. The third kappa shape index (κ3) is 2.92. The largest absolute Gasteiger partial charge is 0.381 e. The Morgan fingerprint density at radius 1 is 1.33 bits per heavy atom. The fraction of sp³-hybridized carbons (Fsp3) is 1.00. The second-order valence-electron chi connectivity index (χ2n) is 5.04. The number of hydrogen-bond acceptors (Lipinski definition) is 3. The van der Waals surface area contributed by atoms with Crippen LogP contribution in [0.5, 0.6) is 0 Å². The van der Waals surface area contributed by atoms with Crippen molar-refractivity contribution in [1.29, 1.82) is 0 Å². The Morgan fingerprint density at radius 2 is 2.20 bits per heavy atom. The minimum absolute atomic E-state index is 0.682. The van der Waals surface area contributed by atoms with Crippen LogP contribution in [0.2, 0.25) is 0 Å². The van der Waals surface area contributed by atoms with Gasteiger partial charge in [0.2, 0.25) is 0 Å². The minimum atomic E-state index is 0.682. The average molecular weight is 212 g/mol. The second-order valence-corrected chi connectivity index (χ2v) is 5.04. The first-order valence-electron chi connectivity index (χ1n) is 6.32. The van der Waals surface area contributed by atoms with E-state index in [-0.39, 0.29) is 0 Å². The van der Waals surface area contributed by atoms with E-state index in [0.29, 0.717) is 12.1 Å². The molecule has 2 aliphatic rings. The summed E-state index contributed by atoms with van der Waals surface area (Å²) >= 11 is 0. The molecule has 2 heterocycles. The van der Waals surface area contributed by atoms with E-state index < -0.39 is 0 Å². The highest BCUT2D eigenvalue weighted by Crippen LogP contribution is 2.21. The average Bonchev–Trinajstić information content (AvgIpc) is 2.67. The van der Waals surface area contributed by atoms with Crippen molar-refractivity contribution in [3.8, 4) is 0 Å². The first kappa shape index (κ1) is 11.4. The molecular formula is C12H24N2O. The fourth-order valence-electron chi connectivity index (χ4n) is 2.67. The van der Waals surface area contributed by atoms with Gasteiger partial charge in [-0.15, -0.1) is 0 Å². The van der Waals surface area contributed by atoms with E-state index in [9.17, 15) is 0 Å². The Kier molecular flexibility index (Phi) is 4.00. The van der Waals surface area contributed by atoms with Gasteiger partial charge in [-0.05, 0) is 39.2 Å². The molecular weight excluding hydrogens is 188 g/mol. The summed E-state index contributed by atoms with van der Waals surface area (Å²) in [6.45, 7) is 10.2. The second kappa shape index (κ2) is 5.28. The predicted molar refractivity (Wildman–Crippen MR) is 62.0 cm³/mol. The highest BCUT2D eigenvalue weighted by Gasteiger charge is 2.27. The first-order valence-corrected chi connectivity index (χ1v) is 6.32. The Bertz CT molecular complexity index is 192. The molecule has 88 valence electrons. The summed E-state index contributed by atoms with van der Waals surface area (Å²) in [4.78, 5) is 2.63. The highest BCUT2D eigenvalue weighted by atomic mass is 16.5. The number of nitrogens with one attached hydrogen (secondary N) is 1. The Labute approximate surface area is 93.2 Å². The van der Waals surface area contributed by atoms with Gasteiger partial charge in [0.1, 0.15) is 0 Å². The van der Waals surface area contributed by atoms with Gasteiger partial charge in [0.25, 0.3) is 0 Å². The zero-order chi connectivity index (χ0) is 10.7. The van der Waals surface area contributed by atoms with Crippen LogP contribution < -0.4 is 5.32 Å². The molecule has 3 atom stereocenters. The minimum Gasteiger partial charge on any atom is -0.381 e. The zero-order valence-corrected chi connectivity index (χ0v) is 10.0. The molecule has 2 aliphatic heterocycles. The zero-order valence-electron chi connectivity index (χ0n) is 10.0. The normalized spacial score (nSPS) is 36.4. The van der Waals surface area contributed by atoms with Crippen LogP contribution in [-0.4, -0.2) is 49.8 Å². The van der Waals surface area contributed by atoms with Crippen molar-refractivity contribution in [2.24, 2.45) is 5.92 Å². The Hall–Kier alpha value is -0.120. The molecule has 0 bridgehead atoms. The molecule has 2 saturated heterocycles. The fourth-order valence-corrected chi connectivity index (χ4v) is 2.67. The van der Waals surface area contributed by atoms with Gasteiger partial charge in [0, 0.05) is 31.8 Å². The van der Waals surface area contributed by atoms with Crippen LogP contribution in [0.4, 0.5) is 0 Å². The van der Waals surface area contributed by atoms with Crippen molar-refractivity contribution in [2.45, 2.75) is 38.8 Å². The summed E-state index contributed by atoms with van der Waals surface area (Å²) in [5, 5.41) is 3.55. The van der Waals surface area contributed by atoms with E-state index in [1.165, 1.54) is 25.9 Å². The molecule has 0 amide bonds. The number of hydrogen-bond donors (Lipinski definition) is 1. The molecule has 0 radical (unpaired) electrons. The van der Waals surface area contributed by atoms with Crippen molar-refractivity contribution >= 4 is 0 Å². The van der Waals surface area contributed by atoms with Crippen molar-refractivity contribution in [3.63, 3.8) is 0 Å². The van der Waals surface area contributed by atoms with Crippen molar-refractivity contribution in [3.05, 3.63) is 0 Å². The summed E-state index contributed by atoms with van der Waals surface area (Å²) < 4.78 is 5.48. The van der Waals surface area contributed by atoms with Gasteiger partial charge >= 0.3 is 0 Å². The van der Waals surface area contributed by atoms with Gasteiger partial charge in [-0.1, -0.05) is 0 Å². The maximum atomic E-state index is 5.48. The molecule has 3 nitrogen and oxygen atoms in total. The molecule has 0 aromatic heterocycles. The van der Waals surface area contributed by atoms with Crippen LogP contribution in [0.25, 0.3) is 0 Å². The molecule has 0 aromatic carbocycles. The van der Waals surface area contributed by atoms with E-state index in [1.54, 1.807) is 0 Å². The van der Waals surface area contributed by atoms with E-state index >= 15 is 0 Å². The van der Waals surface area contributed by atoms with Gasteiger partial charge < -0.3 is 10.1 Å². The van der Waals surface area contributed by atoms with E-state index in [4.69, 9.17) is 4.74 Å². The maximum absolute atomic E-state index is 5.48. The summed E-state index contributed by atoms with van der Waals surface area (Å²) in [7, 11) is 0. The molecule has 0 aromatic rings. The lowest BCUT2D eigenvalue weighted by Gasteiger charge is -2.31. The van der Waals surface area contributed by atoms with Gasteiger partial charge in [-0.25, -0.2) is 0 Å². The van der Waals surface area contributed by atoms with E-state index in [0.717, 1.165) is 25.7 Å².